The smallest absolute Gasteiger partial charge is 0.256 e. The van der Waals surface area contributed by atoms with Crippen molar-refractivity contribution in [1.29, 1.82) is 0 Å². The molecule has 6 heteroatoms. The van der Waals surface area contributed by atoms with Crippen molar-refractivity contribution in [3.8, 4) is 0 Å². The topological polar surface area (TPSA) is 45.2 Å². The average Bonchev–Trinajstić information content (AvgIpc) is 2.69. The zero-order chi connectivity index (χ0) is 19.7. The van der Waals surface area contributed by atoms with E-state index < -0.39 is 11.6 Å². The second kappa shape index (κ2) is 7.48. The van der Waals surface area contributed by atoms with Crippen LogP contribution in [0, 0.1) is 11.6 Å². The molecule has 0 saturated carbocycles. The summed E-state index contributed by atoms with van der Waals surface area (Å²) in [4.78, 5) is 20.1. The minimum atomic E-state index is -1.00. The summed E-state index contributed by atoms with van der Waals surface area (Å²) in [6.45, 7) is 5.93. The van der Waals surface area contributed by atoms with Gasteiger partial charge in [0.25, 0.3) is 5.91 Å². The quantitative estimate of drug-likeness (QED) is 0.687. The molecule has 0 fully saturated rings. The summed E-state index contributed by atoms with van der Waals surface area (Å²) in [6.07, 6.45) is 2.57. The van der Waals surface area contributed by atoms with Crippen LogP contribution < -0.4 is 5.32 Å². The SMILES string of the molecule is C=CCN1CCc2nc3ccccc3c(C(=O)Nc3ccc(F)c(F)c3)c2C1. The lowest BCUT2D eigenvalue weighted by Crippen LogP contribution is -2.33. The fourth-order valence-corrected chi connectivity index (χ4v) is 3.61. The molecular formula is C22H19F2N3O. The van der Waals surface area contributed by atoms with Gasteiger partial charge in [0.2, 0.25) is 0 Å². The molecule has 1 aromatic heterocycles. The zero-order valence-electron chi connectivity index (χ0n) is 15.2. The standard InChI is InChI=1S/C22H19F2N3O/c1-2-10-27-11-9-20-16(13-27)21(15-5-3-4-6-19(15)26-20)22(28)25-14-7-8-17(23)18(24)12-14/h2-8,12H,1,9-11,13H2,(H,25,28). The Hall–Kier alpha value is -3.12. The first kappa shape index (κ1) is 18.3. The van der Waals surface area contributed by atoms with Gasteiger partial charge in [-0.2, -0.15) is 0 Å². The molecule has 1 amide bonds. The lowest BCUT2D eigenvalue weighted by molar-refractivity contribution is 0.102. The van der Waals surface area contributed by atoms with Crippen LogP contribution >= 0.6 is 0 Å². The second-order valence-corrected chi connectivity index (χ2v) is 6.79. The summed E-state index contributed by atoms with van der Waals surface area (Å²) in [6, 6.07) is 10.8. The molecule has 0 atom stereocenters. The summed E-state index contributed by atoms with van der Waals surface area (Å²) in [5.41, 5.74) is 3.24. The number of amides is 1. The van der Waals surface area contributed by atoms with E-state index in [-0.39, 0.29) is 11.6 Å². The Morgan fingerprint density at radius 2 is 2.04 bits per heavy atom. The van der Waals surface area contributed by atoms with E-state index in [2.05, 4.69) is 16.8 Å². The molecule has 0 aliphatic carbocycles. The maximum atomic E-state index is 13.5. The minimum absolute atomic E-state index is 0.206. The number of aromatic nitrogens is 1. The van der Waals surface area contributed by atoms with Crippen LogP contribution in [0.4, 0.5) is 14.5 Å². The first-order chi connectivity index (χ1) is 13.6. The van der Waals surface area contributed by atoms with Gasteiger partial charge in [-0.15, -0.1) is 6.58 Å². The van der Waals surface area contributed by atoms with Gasteiger partial charge in [0.15, 0.2) is 11.6 Å². The van der Waals surface area contributed by atoms with E-state index in [4.69, 9.17) is 4.98 Å². The Kier molecular flexibility index (Phi) is 4.88. The van der Waals surface area contributed by atoms with Crippen molar-refractivity contribution < 1.29 is 13.6 Å². The fraction of sp³-hybridized carbons (Fsp3) is 0.182. The number of hydrogen-bond acceptors (Lipinski definition) is 3. The molecule has 0 unspecified atom stereocenters. The first-order valence-electron chi connectivity index (χ1n) is 9.07. The molecule has 0 spiro atoms. The number of nitrogens with one attached hydrogen (secondary N) is 1. The number of anilines is 1. The summed E-state index contributed by atoms with van der Waals surface area (Å²) in [5, 5.41) is 3.44. The number of pyridine rings is 1. The Balaban J connectivity index is 1.79. The number of benzene rings is 2. The van der Waals surface area contributed by atoms with Gasteiger partial charge in [0.05, 0.1) is 11.1 Å². The lowest BCUT2D eigenvalue weighted by atomic mass is 9.95. The number of carbonyl (C=O) groups is 1. The number of halogens is 2. The molecule has 1 aliphatic heterocycles. The van der Waals surface area contributed by atoms with Gasteiger partial charge >= 0.3 is 0 Å². The maximum Gasteiger partial charge on any atom is 0.256 e. The van der Waals surface area contributed by atoms with E-state index in [1.54, 1.807) is 0 Å². The molecule has 4 nitrogen and oxygen atoms in total. The molecule has 2 aromatic carbocycles. The van der Waals surface area contributed by atoms with Crippen molar-refractivity contribution in [2.75, 3.05) is 18.4 Å². The number of rotatable bonds is 4. The predicted octanol–water partition coefficient (Wildman–Crippen LogP) is 4.31. The van der Waals surface area contributed by atoms with Gasteiger partial charge < -0.3 is 5.32 Å². The number of nitrogens with zero attached hydrogens (tertiary/aromatic N) is 2. The summed E-state index contributed by atoms with van der Waals surface area (Å²) in [5.74, 6) is -2.32. The van der Waals surface area contributed by atoms with E-state index in [1.807, 2.05) is 30.3 Å². The van der Waals surface area contributed by atoms with Crippen LogP contribution in [0.1, 0.15) is 21.6 Å². The Labute approximate surface area is 161 Å². The summed E-state index contributed by atoms with van der Waals surface area (Å²) >= 11 is 0. The van der Waals surface area contributed by atoms with E-state index >= 15 is 0 Å². The van der Waals surface area contributed by atoms with Crippen LogP contribution in [-0.4, -0.2) is 28.9 Å². The van der Waals surface area contributed by atoms with Crippen LogP contribution in [0.5, 0.6) is 0 Å². The van der Waals surface area contributed by atoms with E-state index in [9.17, 15) is 13.6 Å². The van der Waals surface area contributed by atoms with E-state index in [1.165, 1.54) is 6.07 Å². The van der Waals surface area contributed by atoms with Crippen LogP contribution in [0.2, 0.25) is 0 Å². The number of para-hydroxylation sites is 1. The van der Waals surface area contributed by atoms with Crippen molar-refractivity contribution in [2.24, 2.45) is 0 Å². The van der Waals surface area contributed by atoms with Crippen molar-refractivity contribution >= 4 is 22.5 Å². The normalized spacial score (nSPS) is 13.9. The highest BCUT2D eigenvalue weighted by atomic mass is 19.2. The third-order valence-electron chi connectivity index (χ3n) is 4.92. The van der Waals surface area contributed by atoms with Crippen molar-refractivity contribution in [1.82, 2.24) is 9.88 Å². The van der Waals surface area contributed by atoms with Gasteiger partial charge in [-0.1, -0.05) is 24.3 Å². The number of fused-ring (bicyclic) bond motifs is 2. The lowest BCUT2D eigenvalue weighted by Gasteiger charge is -2.29. The largest absolute Gasteiger partial charge is 0.322 e. The third kappa shape index (κ3) is 3.39. The van der Waals surface area contributed by atoms with Gasteiger partial charge in [0, 0.05) is 54.5 Å². The maximum absolute atomic E-state index is 13.5. The molecule has 1 aliphatic rings. The van der Waals surface area contributed by atoms with E-state index in [0.29, 0.717) is 12.1 Å². The molecule has 2 heterocycles. The second-order valence-electron chi connectivity index (χ2n) is 6.79. The van der Waals surface area contributed by atoms with Crippen LogP contribution in [-0.2, 0) is 13.0 Å². The minimum Gasteiger partial charge on any atom is -0.322 e. The fourth-order valence-electron chi connectivity index (χ4n) is 3.61. The Bertz CT molecular complexity index is 1080. The highest BCUT2D eigenvalue weighted by Gasteiger charge is 2.25. The molecule has 0 bridgehead atoms. The van der Waals surface area contributed by atoms with Crippen LogP contribution in [0.25, 0.3) is 10.9 Å². The third-order valence-corrected chi connectivity index (χ3v) is 4.92. The molecule has 28 heavy (non-hydrogen) atoms. The number of hydrogen-bond donors (Lipinski definition) is 1. The highest BCUT2D eigenvalue weighted by Crippen LogP contribution is 2.29. The summed E-state index contributed by atoms with van der Waals surface area (Å²) < 4.78 is 26.7. The van der Waals surface area contributed by atoms with Crippen molar-refractivity contribution in [3.63, 3.8) is 0 Å². The van der Waals surface area contributed by atoms with Gasteiger partial charge in [-0.25, -0.2) is 8.78 Å². The summed E-state index contributed by atoms with van der Waals surface area (Å²) in [7, 11) is 0. The molecule has 142 valence electrons. The first-order valence-corrected chi connectivity index (χ1v) is 9.07. The van der Waals surface area contributed by atoms with Crippen LogP contribution in [0.15, 0.2) is 55.1 Å². The Morgan fingerprint density at radius 1 is 1.21 bits per heavy atom. The van der Waals surface area contributed by atoms with Gasteiger partial charge in [-0.3, -0.25) is 14.7 Å². The van der Waals surface area contributed by atoms with Crippen molar-refractivity contribution in [3.05, 3.63) is 83.6 Å². The molecule has 0 saturated heterocycles. The van der Waals surface area contributed by atoms with Crippen LogP contribution in [0.3, 0.4) is 0 Å². The van der Waals surface area contributed by atoms with Gasteiger partial charge in [-0.05, 0) is 18.2 Å². The van der Waals surface area contributed by atoms with Crippen molar-refractivity contribution in [2.45, 2.75) is 13.0 Å². The zero-order valence-corrected chi connectivity index (χ0v) is 15.2. The van der Waals surface area contributed by atoms with Gasteiger partial charge in [0.1, 0.15) is 0 Å². The monoisotopic (exact) mass is 379 g/mol. The average molecular weight is 379 g/mol. The Morgan fingerprint density at radius 3 is 2.82 bits per heavy atom. The van der Waals surface area contributed by atoms with E-state index in [0.717, 1.165) is 53.8 Å². The predicted molar refractivity (Wildman–Crippen MR) is 105 cm³/mol. The molecular weight excluding hydrogens is 360 g/mol. The molecule has 1 N–H and O–H groups in total. The number of carbonyl (C=O) groups excluding carboxylic acids is 1. The molecule has 4 rings (SSSR count). The highest BCUT2D eigenvalue weighted by molar-refractivity contribution is 6.13. The molecule has 3 aromatic rings. The molecule has 0 radical (unpaired) electrons.